The molecule has 4 aromatic rings. The van der Waals surface area contributed by atoms with Crippen LogP contribution in [0.15, 0.2) is 115 Å². The first-order valence-electron chi connectivity index (χ1n) is 12.2. The highest BCUT2D eigenvalue weighted by atomic mass is 32.2. The highest BCUT2D eigenvalue weighted by molar-refractivity contribution is 7.95. The maximum absolute atomic E-state index is 11.1. The van der Waals surface area contributed by atoms with Crippen molar-refractivity contribution in [2.24, 2.45) is 0 Å². The first kappa shape index (κ1) is 29.7. The molecule has 0 bridgehead atoms. The zero-order valence-corrected chi connectivity index (χ0v) is 22.8. The summed E-state index contributed by atoms with van der Waals surface area (Å²) in [5, 5.41) is 20.9. The Morgan fingerprint density at radius 1 is 0.590 bits per heavy atom. The van der Waals surface area contributed by atoms with E-state index in [1.807, 2.05) is 18.2 Å². The monoisotopic (exact) mass is 565 g/mol. The van der Waals surface area contributed by atoms with E-state index in [2.05, 4.69) is 72.8 Å². The van der Waals surface area contributed by atoms with Crippen LogP contribution in [0.1, 0.15) is 33.6 Å². The van der Waals surface area contributed by atoms with Crippen molar-refractivity contribution >= 4 is 45.2 Å². The van der Waals surface area contributed by atoms with Crippen LogP contribution in [-0.4, -0.2) is 47.0 Å². The Bertz CT molecular complexity index is 1350. The van der Waals surface area contributed by atoms with E-state index in [-0.39, 0.29) is 16.9 Å². The van der Waals surface area contributed by atoms with Gasteiger partial charge in [0.2, 0.25) is 0 Å². The number of rotatable bonds is 10. The van der Waals surface area contributed by atoms with Crippen LogP contribution in [0.25, 0.3) is 0 Å². The molecule has 0 saturated heterocycles. The lowest BCUT2D eigenvalue weighted by atomic mass is 10.1. The summed E-state index contributed by atoms with van der Waals surface area (Å²) in [5.41, 5.74) is -0.0372. The van der Waals surface area contributed by atoms with E-state index in [0.717, 1.165) is 18.6 Å². The largest absolute Gasteiger partial charge is 0.478 e. The molecule has 0 aromatic heterocycles. The third-order valence-corrected chi connectivity index (χ3v) is 11.4. The van der Waals surface area contributed by atoms with Gasteiger partial charge in [-0.25, -0.2) is 9.59 Å². The Morgan fingerprint density at radius 2 is 0.974 bits per heavy atom. The molecule has 0 atom stereocenters. The number of hydrogen-bond acceptors (Lipinski definition) is 4. The van der Waals surface area contributed by atoms with Gasteiger partial charge in [-0.1, -0.05) is 60.7 Å². The number of aromatic carboxylic acids is 2. The minimum Gasteiger partial charge on any atom is -0.478 e. The second-order valence-electron chi connectivity index (χ2n) is 8.72. The number of benzene rings is 4. The number of carboxylic acids is 2. The molecule has 0 fully saturated rings. The van der Waals surface area contributed by atoms with E-state index in [9.17, 15) is 18.0 Å². The van der Waals surface area contributed by atoms with Gasteiger partial charge in [0.05, 0.1) is 23.0 Å². The van der Waals surface area contributed by atoms with Crippen molar-refractivity contribution in [2.45, 2.75) is 12.8 Å². The van der Waals surface area contributed by atoms with Crippen molar-refractivity contribution in [1.82, 2.24) is 0 Å². The minimum absolute atomic E-state index is 0.0186. The van der Waals surface area contributed by atoms with Crippen molar-refractivity contribution < 1.29 is 32.8 Å². The molecule has 0 saturated carbocycles. The van der Waals surface area contributed by atoms with Crippen molar-refractivity contribution in [2.75, 3.05) is 11.9 Å². The van der Waals surface area contributed by atoms with Crippen LogP contribution in [0.3, 0.4) is 0 Å². The van der Waals surface area contributed by atoms with Crippen LogP contribution in [-0.2, 0) is 10.1 Å². The smallest absolute Gasteiger partial charge is 0.335 e. The molecule has 7 nitrogen and oxygen atoms in total. The van der Waals surface area contributed by atoms with E-state index in [1.54, 1.807) is 0 Å². The van der Waals surface area contributed by atoms with Crippen molar-refractivity contribution in [1.29, 1.82) is 0 Å². The number of unbranched alkanes of at least 4 members (excludes halogenated alkanes) is 1. The van der Waals surface area contributed by atoms with E-state index < -0.39 is 29.3 Å². The van der Waals surface area contributed by atoms with E-state index in [1.165, 1.54) is 34.1 Å². The second-order valence-corrected chi connectivity index (χ2v) is 13.9. The highest BCUT2D eigenvalue weighted by Crippen LogP contribution is 2.55. The average Bonchev–Trinajstić information content (AvgIpc) is 2.94. The summed E-state index contributed by atoms with van der Waals surface area (Å²) in [7, 11) is -5.84. The zero-order chi connectivity index (χ0) is 28.3. The van der Waals surface area contributed by atoms with Gasteiger partial charge >= 0.3 is 11.9 Å². The SMILES string of the molecule is O=C(O)c1cccc(C(=O)O)c1.O=S(=O)(O)CCCC[P+](c1ccccc1)(c1ccccc1)c1ccccc1. The summed E-state index contributed by atoms with van der Waals surface area (Å²) in [5.74, 6) is -2.44. The van der Waals surface area contributed by atoms with E-state index in [0.29, 0.717) is 6.42 Å². The van der Waals surface area contributed by atoms with Gasteiger partial charge in [-0.2, -0.15) is 8.42 Å². The fraction of sp³-hybridized carbons (Fsp3) is 0.133. The van der Waals surface area contributed by atoms with Crippen molar-refractivity contribution in [3.63, 3.8) is 0 Å². The Hall–Kier alpha value is -3.84. The molecule has 0 aliphatic carbocycles. The predicted octanol–water partition coefficient (Wildman–Crippen LogP) is 4.73. The first-order chi connectivity index (χ1) is 18.6. The Morgan fingerprint density at radius 3 is 1.31 bits per heavy atom. The number of carboxylic acid groups (broad SMARTS) is 2. The van der Waals surface area contributed by atoms with Crippen LogP contribution < -0.4 is 15.9 Å². The van der Waals surface area contributed by atoms with Gasteiger partial charge in [0.15, 0.2) is 0 Å². The zero-order valence-electron chi connectivity index (χ0n) is 21.1. The fourth-order valence-electron chi connectivity index (χ4n) is 4.30. The van der Waals surface area contributed by atoms with Gasteiger partial charge in [-0.3, -0.25) is 4.55 Å². The normalized spacial score (nSPS) is 11.2. The predicted molar refractivity (Wildman–Crippen MR) is 156 cm³/mol. The summed E-state index contributed by atoms with van der Waals surface area (Å²) >= 11 is 0. The molecule has 3 N–H and O–H groups in total. The maximum Gasteiger partial charge on any atom is 0.335 e. The molecule has 202 valence electrons. The van der Waals surface area contributed by atoms with Crippen molar-refractivity contribution in [3.05, 3.63) is 126 Å². The van der Waals surface area contributed by atoms with E-state index >= 15 is 0 Å². The molecular weight excluding hydrogens is 535 g/mol. The summed E-state index contributed by atoms with van der Waals surface area (Å²) in [6.45, 7) is 0. The molecule has 0 amide bonds. The molecule has 0 aliphatic heterocycles. The van der Waals surface area contributed by atoms with Crippen LogP contribution in [0.4, 0.5) is 0 Å². The van der Waals surface area contributed by atoms with Crippen LogP contribution >= 0.6 is 7.26 Å². The second kappa shape index (κ2) is 13.8. The third-order valence-electron chi connectivity index (χ3n) is 6.09. The lowest BCUT2D eigenvalue weighted by Gasteiger charge is -2.27. The molecule has 0 unspecified atom stereocenters. The molecule has 4 aromatic carbocycles. The molecule has 9 heteroatoms. The quantitative estimate of drug-likeness (QED) is 0.144. The molecule has 0 spiro atoms. The molecule has 0 radical (unpaired) electrons. The third kappa shape index (κ3) is 8.32. The maximum atomic E-state index is 11.1. The Kier molecular flexibility index (Phi) is 10.5. The van der Waals surface area contributed by atoms with Crippen LogP contribution in [0.5, 0.6) is 0 Å². The van der Waals surface area contributed by atoms with Crippen LogP contribution in [0, 0.1) is 0 Å². The Balaban J connectivity index is 0.000000293. The molecular formula is C30H30O7PS+. The summed E-state index contributed by atoms with van der Waals surface area (Å²) in [6, 6.07) is 36.7. The van der Waals surface area contributed by atoms with Gasteiger partial charge in [-0.15, -0.1) is 0 Å². The molecule has 0 aliphatic rings. The lowest BCUT2D eigenvalue weighted by Crippen LogP contribution is -2.33. The van der Waals surface area contributed by atoms with Gasteiger partial charge in [-0.05, 0) is 67.4 Å². The molecule has 4 rings (SSSR count). The number of carbonyl (C=O) groups is 2. The lowest BCUT2D eigenvalue weighted by molar-refractivity contribution is 0.0696. The standard InChI is InChI=1S/C22H23O3PS.C8H6O4/c23-27(24,25)19-11-10-18-26(20-12-4-1-5-13-20,21-14-6-2-7-15-21)22-16-8-3-9-17-22;9-7(10)5-2-1-3-6(4-5)8(11)12/h1-9,12-17H,10-11,18-19H2;1-4H,(H,9,10)(H,11,12)/p+1. The van der Waals surface area contributed by atoms with E-state index in [4.69, 9.17) is 14.8 Å². The topological polar surface area (TPSA) is 129 Å². The first-order valence-corrected chi connectivity index (χ1v) is 15.8. The van der Waals surface area contributed by atoms with Crippen LogP contribution in [0.2, 0.25) is 0 Å². The summed E-state index contributed by atoms with van der Waals surface area (Å²) < 4.78 is 31.3. The Labute approximate surface area is 228 Å². The van der Waals surface area contributed by atoms with Gasteiger partial charge in [0.25, 0.3) is 10.1 Å². The minimum atomic E-state index is -3.92. The van der Waals surface area contributed by atoms with Gasteiger partial charge < -0.3 is 10.2 Å². The number of hydrogen-bond donors (Lipinski definition) is 3. The average molecular weight is 566 g/mol. The summed E-state index contributed by atoms with van der Waals surface area (Å²) in [6.07, 6.45) is 2.04. The van der Waals surface area contributed by atoms with Crippen molar-refractivity contribution in [3.8, 4) is 0 Å². The summed E-state index contributed by atoms with van der Waals surface area (Å²) in [4.78, 5) is 20.8. The fourth-order valence-corrected chi connectivity index (χ4v) is 9.28. The molecule has 39 heavy (non-hydrogen) atoms. The molecule has 0 heterocycles. The highest BCUT2D eigenvalue weighted by Gasteiger charge is 2.44. The van der Waals surface area contributed by atoms with Gasteiger partial charge in [0.1, 0.15) is 23.2 Å². The van der Waals surface area contributed by atoms with Gasteiger partial charge in [0, 0.05) is 0 Å².